The van der Waals surface area contributed by atoms with Gasteiger partial charge < -0.3 is 4.18 Å². The summed E-state index contributed by atoms with van der Waals surface area (Å²) in [6.07, 6.45) is 1.23. The number of anilines is 1. The van der Waals surface area contributed by atoms with Crippen LogP contribution < -0.4 is 14.4 Å². The zero-order valence-corrected chi connectivity index (χ0v) is 20.3. The summed E-state index contributed by atoms with van der Waals surface area (Å²) in [5.41, 5.74) is 0.794. The number of carbonyl (C=O) groups excluding carboxylic acids is 3. The monoisotopic (exact) mass is 530 g/mol. The van der Waals surface area contributed by atoms with Gasteiger partial charge in [-0.3, -0.25) is 14.9 Å². The van der Waals surface area contributed by atoms with E-state index in [4.69, 9.17) is 27.4 Å². The first kappa shape index (κ1) is 24.5. The fraction of sp³-hybridized carbons (Fsp3) is 0.0417. The van der Waals surface area contributed by atoms with Gasteiger partial charge in [-0.2, -0.15) is 8.42 Å². The summed E-state index contributed by atoms with van der Waals surface area (Å²) in [4.78, 5) is 38.7. The van der Waals surface area contributed by atoms with E-state index in [1.54, 1.807) is 37.3 Å². The van der Waals surface area contributed by atoms with Gasteiger partial charge in [0.1, 0.15) is 10.5 Å². The molecule has 4 rings (SSSR count). The third kappa shape index (κ3) is 5.07. The minimum Gasteiger partial charge on any atom is -0.377 e. The summed E-state index contributed by atoms with van der Waals surface area (Å²) in [6, 6.07) is 15.4. The summed E-state index contributed by atoms with van der Waals surface area (Å²) >= 11 is 12.2. The topological polar surface area (TPSA) is 110 Å². The molecule has 0 radical (unpaired) electrons. The minimum atomic E-state index is -4.12. The van der Waals surface area contributed by atoms with Crippen LogP contribution in [0.2, 0.25) is 10.0 Å². The van der Waals surface area contributed by atoms with Crippen LogP contribution in [-0.4, -0.2) is 26.3 Å². The van der Waals surface area contributed by atoms with Crippen molar-refractivity contribution in [3.05, 3.63) is 93.5 Å². The molecule has 0 unspecified atom stereocenters. The van der Waals surface area contributed by atoms with Gasteiger partial charge in [0.05, 0.1) is 10.7 Å². The number of urea groups is 1. The van der Waals surface area contributed by atoms with Gasteiger partial charge in [-0.15, -0.1) is 0 Å². The summed E-state index contributed by atoms with van der Waals surface area (Å²) in [7, 11) is -4.12. The van der Waals surface area contributed by atoms with E-state index >= 15 is 0 Å². The number of barbiturate groups is 1. The van der Waals surface area contributed by atoms with Gasteiger partial charge in [0.15, 0.2) is 5.75 Å². The van der Waals surface area contributed by atoms with Crippen LogP contribution in [0.4, 0.5) is 10.5 Å². The third-order valence-electron chi connectivity index (χ3n) is 5.01. The molecule has 3 aromatic rings. The Balaban J connectivity index is 1.65. The summed E-state index contributed by atoms with van der Waals surface area (Å²) in [5, 5.41) is 2.37. The fourth-order valence-electron chi connectivity index (χ4n) is 3.29. The Morgan fingerprint density at radius 1 is 0.943 bits per heavy atom. The molecule has 0 atom stereocenters. The highest BCUT2D eigenvalue weighted by atomic mass is 35.5. The Hall–Kier alpha value is -3.66. The van der Waals surface area contributed by atoms with Crippen LogP contribution in [0, 0.1) is 6.92 Å². The first-order valence-electron chi connectivity index (χ1n) is 10.0. The first-order chi connectivity index (χ1) is 16.6. The summed E-state index contributed by atoms with van der Waals surface area (Å²) in [6.45, 7) is 1.69. The van der Waals surface area contributed by atoms with Crippen molar-refractivity contribution in [3.63, 3.8) is 0 Å². The maximum atomic E-state index is 13.1. The molecule has 1 heterocycles. The van der Waals surface area contributed by atoms with E-state index in [-0.39, 0.29) is 26.9 Å². The highest BCUT2D eigenvalue weighted by Gasteiger charge is 2.37. The second-order valence-electron chi connectivity index (χ2n) is 7.43. The second kappa shape index (κ2) is 9.53. The average Bonchev–Trinajstić information content (AvgIpc) is 2.81. The Bertz CT molecular complexity index is 1500. The van der Waals surface area contributed by atoms with Gasteiger partial charge in [0.2, 0.25) is 0 Å². The highest BCUT2D eigenvalue weighted by Crippen LogP contribution is 2.31. The van der Waals surface area contributed by atoms with Crippen molar-refractivity contribution >= 4 is 62.9 Å². The lowest BCUT2D eigenvalue weighted by molar-refractivity contribution is -0.122. The van der Waals surface area contributed by atoms with Gasteiger partial charge >= 0.3 is 16.1 Å². The Kier molecular flexibility index (Phi) is 6.66. The van der Waals surface area contributed by atoms with Gasteiger partial charge in [-0.1, -0.05) is 53.5 Å². The molecule has 4 amide bonds. The number of nitrogens with zero attached hydrogens (tertiary/aromatic N) is 1. The van der Waals surface area contributed by atoms with Crippen LogP contribution in [0.1, 0.15) is 11.1 Å². The van der Waals surface area contributed by atoms with E-state index < -0.39 is 28.0 Å². The molecule has 35 heavy (non-hydrogen) atoms. The van der Waals surface area contributed by atoms with Crippen LogP contribution in [0.3, 0.4) is 0 Å². The van der Waals surface area contributed by atoms with Crippen LogP contribution in [0.5, 0.6) is 5.75 Å². The Labute approximate surface area is 210 Å². The fourth-order valence-corrected chi connectivity index (χ4v) is 4.70. The molecule has 0 bridgehead atoms. The molecule has 1 N–H and O–H groups in total. The molecule has 178 valence electrons. The van der Waals surface area contributed by atoms with Gasteiger partial charge in [0, 0.05) is 5.02 Å². The van der Waals surface area contributed by atoms with Crippen molar-refractivity contribution in [1.29, 1.82) is 0 Å². The van der Waals surface area contributed by atoms with E-state index in [0.717, 1.165) is 4.90 Å². The molecule has 0 saturated carbocycles. The lowest BCUT2D eigenvalue weighted by Gasteiger charge is -2.27. The molecule has 0 aliphatic carbocycles. The maximum absolute atomic E-state index is 13.1. The van der Waals surface area contributed by atoms with Crippen molar-refractivity contribution in [2.45, 2.75) is 11.8 Å². The summed E-state index contributed by atoms with van der Waals surface area (Å²) < 4.78 is 30.0. The minimum absolute atomic E-state index is 0.0483. The van der Waals surface area contributed by atoms with Crippen LogP contribution in [0.15, 0.2) is 77.2 Å². The van der Waals surface area contributed by atoms with Crippen molar-refractivity contribution < 1.29 is 27.0 Å². The number of benzene rings is 3. The number of halogens is 2. The lowest BCUT2D eigenvalue weighted by Crippen LogP contribution is -2.54. The smallest absolute Gasteiger partial charge is 0.339 e. The lowest BCUT2D eigenvalue weighted by atomic mass is 10.1. The molecular weight excluding hydrogens is 515 g/mol. The average molecular weight is 531 g/mol. The van der Waals surface area contributed by atoms with Crippen LogP contribution >= 0.6 is 23.2 Å². The van der Waals surface area contributed by atoms with E-state index in [9.17, 15) is 22.8 Å². The number of amides is 4. The molecule has 8 nitrogen and oxygen atoms in total. The van der Waals surface area contributed by atoms with E-state index in [1.807, 2.05) is 0 Å². The van der Waals surface area contributed by atoms with E-state index in [2.05, 4.69) is 5.32 Å². The normalized spacial score (nSPS) is 15.3. The second-order valence-corrected chi connectivity index (χ2v) is 9.82. The number of nitrogens with one attached hydrogen (secondary N) is 1. The zero-order valence-electron chi connectivity index (χ0n) is 18.0. The molecule has 11 heteroatoms. The predicted octanol–water partition coefficient (Wildman–Crippen LogP) is 4.74. The van der Waals surface area contributed by atoms with Crippen LogP contribution in [0.25, 0.3) is 6.08 Å². The Morgan fingerprint density at radius 3 is 2.34 bits per heavy atom. The van der Waals surface area contributed by atoms with Crippen LogP contribution in [-0.2, 0) is 19.7 Å². The van der Waals surface area contributed by atoms with Gasteiger partial charge in [0.25, 0.3) is 11.8 Å². The van der Waals surface area contributed by atoms with Crippen molar-refractivity contribution in [1.82, 2.24) is 5.32 Å². The maximum Gasteiger partial charge on any atom is 0.339 e. The standard InChI is InChI=1S/C24H16Cl2N2O6S/c1-14-7-9-16(25)13-20(14)28-23(30)18(22(29)27-24(28)31)11-15-8-10-21(19(26)12-15)34-35(32,33)17-5-3-2-4-6-17/h2-13H,1H3,(H,27,29,31)/b18-11+. The van der Waals surface area contributed by atoms with Gasteiger partial charge in [-0.05, 0) is 60.5 Å². The first-order valence-corrected chi connectivity index (χ1v) is 12.2. The number of aryl methyl sites for hydroxylation is 1. The largest absolute Gasteiger partial charge is 0.377 e. The molecule has 3 aromatic carbocycles. The molecule has 1 aliphatic heterocycles. The molecule has 1 fully saturated rings. The van der Waals surface area contributed by atoms with E-state index in [1.165, 1.54) is 42.5 Å². The van der Waals surface area contributed by atoms with Crippen molar-refractivity contribution in [3.8, 4) is 5.75 Å². The number of imide groups is 2. The van der Waals surface area contributed by atoms with E-state index in [0.29, 0.717) is 16.1 Å². The van der Waals surface area contributed by atoms with Gasteiger partial charge in [-0.25, -0.2) is 9.69 Å². The highest BCUT2D eigenvalue weighted by molar-refractivity contribution is 7.87. The molecule has 1 saturated heterocycles. The number of carbonyl (C=O) groups is 3. The summed E-state index contributed by atoms with van der Waals surface area (Å²) in [5.74, 6) is -1.88. The quantitative estimate of drug-likeness (QED) is 0.290. The van der Waals surface area contributed by atoms with Crippen molar-refractivity contribution in [2.75, 3.05) is 4.90 Å². The SMILES string of the molecule is Cc1ccc(Cl)cc1N1C(=O)NC(=O)/C(=C\c2ccc(OS(=O)(=O)c3ccccc3)c(Cl)c2)C1=O. The molecule has 0 spiro atoms. The number of hydrogen-bond acceptors (Lipinski definition) is 6. The molecule has 1 aliphatic rings. The van der Waals surface area contributed by atoms with Crippen molar-refractivity contribution in [2.24, 2.45) is 0 Å². The number of rotatable bonds is 5. The number of hydrogen-bond donors (Lipinski definition) is 1. The zero-order chi connectivity index (χ0) is 25.3. The molecular formula is C24H16Cl2N2O6S. The third-order valence-corrected chi connectivity index (χ3v) is 6.79. The Morgan fingerprint density at radius 2 is 1.66 bits per heavy atom. The molecule has 0 aromatic heterocycles. The predicted molar refractivity (Wildman–Crippen MR) is 131 cm³/mol.